The molecule has 2 N–H and O–H groups in total. The molecule has 0 fully saturated rings. The van der Waals surface area contributed by atoms with Crippen LogP contribution in [0.1, 0.15) is 31.0 Å². The molecular formula is C17H19F2NO. The minimum absolute atomic E-state index is 0.109. The van der Waals surface area contributed by atoms with Crippen molar-refractivity contribution in [3.8, 4) is 5.75 Å². The van der Waals surface area contributed by atoms with Crippen LogP contribution in [0.2, 0.25) is 0 Å². The van der Waals surface area contributed by atoms with Gasteiger partial charge in [-0.3, -0.25) is 0 Å². The summed E-state index contributed by atoms with van der Waals surface area (Å²) in [6.07, 6.45) is 0.425. The van der Waals surface area contributed by atoms with Gasteiger partial charge in [0.15, 0.2) is 0 Å². The Kier molecular flexibility index (Phi) is 4.91. The lowest BCUT2D eigenvalue weighted by Gasteiger charge is -2.14. The minimum atomic E-state index is -0.583. The molecule has 0 saturated carbocycles. The van der Waals surface area contributed by atoms with E-state index in [1.165, 1.54) is 12.1 Å². The van der Waals surface area contributed by atoms with Crippen LogP contribution in [-0.2, 0) is 6.42 Å². The van der Waals surface area contributed by atoms with Crippen LogP contribution in [0.5, 0.6) is 5.75 Å². The molecule has 0 aromatic heterocycles. The largest absolute Gasteiger partial charge is 0.491 e. The Hall–Kier alpha value is -1.94. The second-order valence-corrected chi connectivity index (χ2v) is 5.28. The van der Waals surface area contributed by atoms with Gasteiger partial charge in [-0.25, -0.2) is 8.78 Å². The lowest BCUT2D eigenvalue weighted by atomic mass is 9.99. The van der Waals surface area contributed by atoms with Crippen molar-refractivity contribution >= 4 is 0 Å². The molecule has 1 atom stereocenters. The van der Waals surface area contributed by atoms with E-state index in [0.717, 1.165) is 17.4 Å². The van der Waals surface area contributed by atoms with Crippen LogP contribution in [-0.4, -0.2) is 6.10 Å². The number of hydrogen-bond donors (Lipinski definition) is 1. The van der Waals surface area contributed by atoms with Crippen LogP contribution in [0.4, 0.5) is 8.78 Å². The van der Waals surface area contributed by atoms with Crippen molar-refractivity contribution in [2.75, 3.05) is 0 Å². The number of nitrogens with two attached hydrogens (primary N) is 1. The number of hydrogen-bond acceptors (Lipinski definition) is 2. The van der Waals surface area contributed by atoms with Gasteiger partial charge in [-0.15, -0.1) is 0 Å². The zero-order valence-electron chi connectivity index (χ0n) is 12.1. The van der Waals surface area contributed by atoms with Crippen LogP contribution in [0.3, 0.4) is 0 Å². The van der Waals surface area contributed by atoms with E-state index in [9.17, 15) is 8.78 Å². The van der Waals surface area contributed by atoms with Crippen LogP contribution in [0.25, 0.3) is 0 Å². The number of ether oxygens (including phenoxy) is 1. The van der Waals surface area contributed by atoms with E-state index < -0.39 is 11.6 Å². The summed E-state index contributed by atoms with van der Waals surface area (Å²) in [5, 5.41) is 0. The first kappa shape index (κ1) is 15.4. The second-order valence-electron chi connectivity index (χ2n) is 5.28. The molecule has 4 heteroatoms. The maximum absolute atomic E-state index is 13.6. The highest BCUT2D eigenvalue weighted by Crippen LogP contribution is 2.21. The minimum Gasteiger partial charge on any atom is -0.491 e. The van der Waals surface area contributed by atoms with Gasteiger partial charge in [0.25, 0.3) is 0 Å². The van der Waals surface area contributed by atoms with Gasteiger partial charge < -0.3 is 10.5 Å². The molecule has 0 aliphatic rings. The lowest BCUT2D eigenvalue weighted by Crippen LogP contribution is -2.14. The Balaban J connectivity index is 2.07. The summed E-state index contributed by atoms with van der Waals surface area (Å²) in [5.74, 6) is -0.376. The molecule has 0 radical (unpaired) electrons. The molecule has 0 amide bonds. The Morgan fingerprint density at radius 1 is 1.05 bits per heavy atom. The fourth-order valence-corrected chi connectivity index (χ4v) is 2.11. The predicted octanol–water partition coefficient (Wildman–Crippen LogP) is 3.99. The first-order valence-electron chi connectivity index (χ1n) is 6.92. The standard InChI is InChI=1S/C17H19F2NO/c1-11(2)21-15-7-4-12(5-8-15)17(20)9-13-3-6-14(18)10-16(13)19/h3-8,10-11,17H,9,20H2,1-2H3. The number of rotatable bonds is 5. The van der Waals surface area contributed by atoms with Crippen LogP contribution in [0.15, 0.2) is 42.5 Å². The highest BCUT2D eigenvalue weighted by atomic mass is 19.1. The molecule has 0 aliphatic carbocycles. The second kappa shape index (κ2) is 6.68. The van der Waals surface area contributed by atoms with E-state index in [4.69, 9.17) is 10.5 Å². The monoisotopic (exact) mass is 291 g/mol. The Morgan fingerprint density at radius 2 is 1.71 bits per heavy atom. The van der Waals surface area contributed by atoms with E-state index in [2.05, 4.69) is 0 Å². The molecule has 21 heavy (non-hydrogen) atoms. The van der Waals surface area contributed by atoms with Crippen molar-refractivity contribution in [3.05, 3.63) is 65.2 Å². The van der Waals surface area contributed by atoms with Gasteiger partial charge in [0, 0.05) is 12.1 Å². The van der Waals surface area contributed by atoms with Crippen molar-refractivity contribution in [1.29, 1.82) is 0 Å². The number of benzene rings is 2. The summed E-state index contributed by atoms with van der Waals surface area (Å²) in [6, 6.07) is 10.6. The Labute approximate surface area is 123 Å². The Morgan fingerprint density at radius 3 is 2.29 bits per heavy atom. The van der Waals surface area contributed by atoms with Gasteiger partial charge >= 0.3 is 0 Å². The van der Waals surface area contributed by atoms with E-state index in [1.54, 1.807) is 0 Å². The third-order valence-corrected chi connectivity index (χ3v) is 3.13. The topological polar surface area (TPSA) is 35.2 Å². The maximum Gasteiger partial charge on any atom is 0.129 e. The molecule has 0 spiro atoms. The summed E-state index contributed by atoms with van der Waals surface area (Å²) >= 11 is 0. The summed E-state index contributed by atoms with van der Waals surface area (Å²) in [4.78, 5) is 0. The smallest absolute Gasteiger partial charge is 0.129 e. The van der Waals surface area contributed by atoms with Gasteiger partial charge in [0.05, 0.1) is 6.10 Å². The zero-order valence-corrected chi connectivity index (χ0v) is 12.1. The zero-order chi connectivity index (χ0) is 15.4. The summed E-state index contributed by atoms with van der Waals surface area (Å²) in [7, 11) is 0. The molecule has 2 rings (SSSR count). The molecule has 0 bridgehead atoms. The maximum atomic E-state index is 13.6. The quantitative estimate of drug-likeness (QED) is 0.904. The number of halogens is 2. The van der Waals surface area contributed by atoms with Gasteiger partial charge in [-0.2, -0.15) is 0 Å². The first-order valence-corrected chi connectivity index (χ1v) is 6.92. The van der Waals surface area contributed by atoms with E-state index in [1.807, 2.05) is 38.1 Å². The SMILES string of the molecule is CC(C)Oc1ccc(C(N)Cc2ccc(F)cc2F)cc1. The van der Waals surface area contributed by atoms with Crippen molar-refractivity contribution < 1.29 is 13.5 Å². The predicted molar refractivity (Wildman–Crippen MR) is 79.2 cm³/mol. The van der Waals surface area contributed by atoms with Crippen LogP contribution in [0, 0.1) is 11.6 Å². The van der Waals surface area contributed by atoms with Crippen molar-refractivity contribution in [3.63, 3.8) is 0 Å². The van der Waals surface area contributed by atoms with E-state index in [0.29, 0.717) is 12.0 Å². The fraction of sp³-hybridized carbons (Fsp3) is 0.294. The molecule has 112 valence electrons. The molecule has 1 unspecified atom stereocenters. The molecule has 2 nitrogen and oxygen atoms in total. The van der Waals surface area contributed by atoms with Crippen molar-refractivity contribution in [2.24, 2.45) is 5.73 Å². The van der Waals surface area contributed by atoms with Crippen molar-refractivity contribution in [2.45, 2.75) is 32.4 Å². The van der Waals surface area contributed by atoms with Gasteiger partial charge in [-0.1, -0.05) is 18.2 Å². The normalized spacial score (nSPS) is 12.5. The summed E-state index contributed by atoms with van der Waals surface area (Å²) in [5.41, 5.74) is 7.38. The highest BCUT2D eigenvalue weighted by Gasteiger charge is 2.11. The summed E-state index contributed by atoms with van der Waals surface area (Å²) in [6.45, 7) is 3.91. The highest BCUT2D eigenvalue weighted by molar-refractivity contribution is 5.30. The summed E-state index contributed by atoms with van der Waals surface area (Å²) < 4.78 is 32.0. The molecular weight excluding hydrogens is 272 g/mol. The van der Waals surface area contributed by atoms with Gasteiger partial charge in [0.2, 0.25) is 0 Å². The fourth-order valence-electron chi connectivity index (χ4n) is 2.11. The molecule has 2 aromatic carbocycles. The third-order valence-electron chi connectivity index (χ3n) is 3.13. The Bertz CT molecular complexity index is 596. The van der Waals surface area contributed by atoms with Gasteiger partial charge in [-0.05, 0) is 49.6 Å². The molecule has 0 heterocycles. The average Bonchev–Trinajstić information content (AvgIpc) is 2.42. The van der Waals surface area contributed by atoms with E-state index >= 15 is 0 Å². The molecule has 0 aliphatic heterocycles. The third kappa shape index (κ3) is 4.26. The van der Waals surface area contributed by atoms with Crippen molar-refractivity contribution in [1.82, 2.24) is 0 Å². The van der Waals surface area contributed by atoms with Crippen LogP contribution < -0.4 is 10.5 Å². The lowest BCUT2D eigenvalue weighted by molar-refractivity contribution is 0.242. The van der Waals surface area contributed by atoms with Crippen LogP contribution >= 0.6 is 0 Å². The van der Waals surface area contributed by atoms with Gasteiger partial charge in [0.1, 0.15) is 17.4 Å². The first-order chi connectivity index (χ1) is 9.95. The molecule has 2 aromatic rings. The molecule has 0 saturated heterocycles. The van der Waals surface area contributed by atoms with E-state index in [-0.39, 0.29) is 12.1 Å². The average molecular weight is 291 g/mol.